The molecule has 2 aromatic carbocycles. The van der Waals surface area contributed by atoms with Gasteiger partial charge in [0.2, 0.25) is 0 Å². The van der Waals surface area contributed by atoms with E-state index < -0.39 is 0 Å². The van der Waals surface area contributed by atoms with Gasteiger partial charge in [-0.3, -0.25) is 9.59 Å². The number of H-pyrrole nitrogens is 1. The summed E-state index contributed by atoms with van der Waals surface area (Å²) in [5.74, 6) is 0.698. The lowest BCUT2D eigenvalue weighted by atomic mass is 10.0. The first kappa shape index (κ1) is 22.3. The molecule has 3 rings (SSSR count). The molecule has 3 aromatic rings. The average Bonchev–Trinajstić information content (AvgIpc) is 3.27. The zero-order chi connectivity index (χ0) is 22.1. The molecular weight excluding hydrogens is 390 g/mol. The number of unbranched alkanes of at least 4 members (excludes halogenated alkanes) is 3. The van der Waals surface area contributed by atoms with E-state index in [0.717, 1.165) is 53.8 Å². The fourth-order valence-electron chi connectivity index (χ4n) is 3.58. The molecule has 0 amide bonds. The van der Waals surface area contributed by atoms with Gasteiger partial charge in [-0.05, 0) is 42.2 Å². The van der Waals surface area contributed by atoms with E-state index in [2.05, 4.69) is 9.72 Å². The lowest BCUT2D eigenvalue weighted by Gasteiger charge is -2.06. The molecule has 0 aliphatic carbocycles. The number of hydrogen-bond donors (Lipinski definition) is 1. The van der Waals surface area contributed by atoms with Crippen LogP contribution in [0.15, 0.2) is 60.7 Å². The van der Waals surface area contributed by atoms with Crippen LogP contribution < -0.4 is 4.74 Å². The van der Waals surface area contributed by atoms with Gasteiger partial charge in [0.1, 0.15) is 5.75 Å². The Kier molecular flexibility index (Phi) is 8.05. The van der Waals surface area contributed by atoms with Crippen molar-refractivity contribution in [3.63, 3.8) is 0 Å². The summed E-state index contributed by atoms with van der Waals surface area (Å²) >= 11 is 0. The van der Waals surface area contributed by atoms with Gasteiger partial charge in [-0.15, -0.1) is 0 Å². The Hall–Kier alpha value is -3.34. The minimum absolute atomic E-state index is 0.0981. The van der Waals surface area contributed by atoms with Gasteiger partial charge in [0.25, 0.3) is 0 Å². The van der Waals surface area contributed by atoms with E-state index in [0.29, 0.717) is 18.5 Å². The number of nitrogens with one attached hydrogen (secondary N) is 1. The highest BCUT2D eigenvalue weighted by molar-refractivity contribution is 6.02. The predicted octanol–water partition coefficient (Wildman–Crippen LogP) is 6.05. The molecular formula is C26H29NO4. The number of aromatic nitrogens is 1. The van der Waals surface area contributed by atoms with Crippen LogP contribution in [0.5, 0.6) is 5.75 Å². The molecule has 1 aromatic heterocycles. The summed E-state index contributed by atoms with van der Waals surface area (Å²) in [4.78, 5) is 27.6. The largest absolute Gasteiger partial charge is 0.497 e. The Balaban J connectivity index is 1.73. The number of Topliss-reactive ketones (excluding diaryl/α,β-unsaturated/α-hetero) is 1. The van der Waals surface area contributed by atoms with Crippen LogP contribution in [0.1, 0.15) is 49.0 Å². The lowest BCUT2D eigenvalue weighted by molar-refractivity contribution is -0.140. The summed E-state index contributed by atoms with van der Waals surface area (Å²) < 4.78 is 9.92. The van der Waals surface area contributed by atoms with Crippen LogP contribution in [0, 0.1) is 0 Å². The highest BCUT2D eigenvalue weighted by Crippen LogP contribution is 2.32. The maximum atomic E-state index is 13.1. The topological polar surface area (TPSA) is 68.4 Å². The van der Waals surface area contributed by atoms with Crippen molar-refractivity contribution >= 4 is 11.8 Å². The van der Waals surface area contributed by atoms with Crippen LogP contribution >= 0.6 is 0 Å². The van der Waals surface area contributed by atoms with Crippen molar-refractivity contribution < 1.29 is 19.1 Å². The molecule has 0 fully saturated rings. The SMILES string of the molecule is COC(=O)CCCCCCC(=O)c1[nH]c(-c2ccccc2)cc1-c1ccc(OC)cc1. The number of hydrogen-bond acceptors (Lipinski definition) is 4. The van der Waals surface area contributed by atoms with E-state index >= 15 is 0 Å². The summed E-state index contributed by atoms with van der Waals surface area (Å²) in [5, 5.41) is 0. The first-order valence-electron chi connectivity index (χ1n) is 10.6. The number of ketones is 1. The van der Waals surface area contributed by atoms with Crippen LogP contribution in [0.2, 0.25) is 0 Å². The van der Waals surface area contributed by atoms with Crippen molar-refractivity contribution in [1.82, 2.24) is 4.98 Å². The maximum Gasteiger partial charge on any atom is 0.305 e. The van der Waals surface area contributed by atoms with Crippen molar-refractivity contribution in [3.05, 3.63) is 66.4 Å². The van der Waals surface area contributed by atoms with Gasteiger partial charge in [-0.2, -0.15) is 0 Å². The van der Waals surface area contributed by atoms with Gasteiger partial charge in [0, 0.05) is 24.1 Å². The van der Waals surface area contributed by atoms with E-state index in [1.807, 2.05) is 60.7 Å². The Bertz CT molecular complexity index is 990. The molecule has 0 unspecified atom stereocenters. The van der Waals surface area contributed by atoms with Crippen molar-refractivity contribution in [1.29, 1.82) is 0 Å². The van der Waals surface area contributed by atoms with E-state index in [1.165, 1.54) is 7.11 Å². The molecule has 0 atom stereocenters. The molecule has 5 heteroatoms. The molecule has 162 valence electrons. The minimum Gasteiger partial charge on any atom is -0.497 e. The van der Waals surface area contributed by atoms with Crippen LogP contribution in [-0.2, 0) is 9.53 Å². The molecule has 0 saturated heterocycles. The quantitative estimate of drug-likeness (QED) is 0.233. The van der Waals surface area contributed by atoms with Crippen molar-refractivity contribution in [2.45, 2.75) is 38.5 Å². The molecule has 31 heavy (non-hydrogen) atoms. The first-order valence-corrected chi connectivity index (χ1v) is 10.6. The molecule has 1 N–H and O–H groups in total. The second-order valence-electron chi connectivity index (χ2n) is 7.48. The molecule has 0 saturated carbocycles. The Morgan fingerprint density at radius 3 is 2.13 bits per heavy atom. The van der Waals surface area contributed by atoms with Crippen LogP contribution in [0.4, 0.5) is 0 Å². The summed E-state index contributed by atoms with van der Waals surface area (Å²) in [6.07, 6.45) is 4.31. The van der Waals surface area contributed by atoms with Gasteiger partial charge in [-0.25, -0.2) is 0 Å². The fourth-order valence-corrected chi connectivity index (χ4v) is 3.58. The predicted molar refractivity (Wildman–Crippen MR) is 122 cm³/mol. The van der Waals surface area contributed by atoms with Crippen LogP contribution in [0.3, 0.4) is 0 Å². The average molecular weight is 420 g/mol. The number of esters is 1. The Morgan fingerprint density at radius 2 is 1.48 bits per heavy atom. The molecule has 1 heterocycles. The van der Waals surface area contributed by atoms with Crippen LogP contribution in [0.25, 0.3) is 22.4 Å². The van der Waals surface area contributed by atoms with Crippen LogP contribution in [-0.4, -0.2) is 31.0 Å². The van der Waals surface area contributed by atoms with Gasteiger partial charge in [0.15, 0.2) is 5.78 Å². The van der Waals surface area contributed by atoms with Gasteiger partial charge in [0.05, 0.1) is 19.9 Å². The molecule has 5 nitrogen and oxygen atoms in total. The van der Waals surface area contributed by atoms with E-state index in [4.69, 9.17) is 4.74 Å². The second kappa shape index (κ2) is 11.2. The molecule has 0 radical (unpaired) electrons. The number of rotatable bonds is 11. The minimum atomic E-state index is -0.181. The third kappa shape index (κ3) is 6.07. The molecule has 0 bridgehead atoms. The van der Waals surface area contributed by atoms with Crippen molar-refractivity contribution in [3.8, 4) is 28.1 Å². The van der Waals surface area contributed by atoms with E-state index in [9.17, 15) is 9.59 Å². The standard InChI is InChI=1S/C26H29NO4/c1-30-21-16-14-19(15-17-21)22-18-23(20-10-6-5-7-11-20)27-26(22)24(28)12-8-3-4-9-13-25(29)31-2/h5-7,10-11,14-18,27H,3-4,8-9,12-13H2,1-2H3. The summed E-state index contributed by atoms with van der Waals surface area (Å²) in [6.45, 7) is 0. The molecule has 0 spiro atoms. The Labute approximate surface area is 183 Å². The normalized spacial score (nSPS) is 10.6. The molecule has 0 aliphatic heterocycles. The smallest absolute Gasteiger partial charge is 0.305 e. The van der Waals surface area contributed by atoms with E-state index in [-0.39, 0.29) is 11.8 Å². The number of aromatic amines is 1. The van der Waals surface area contributed by atoms with Crippen molar-refractivity contribution in [2.24, 2.45) is 0 Å². The number of benzene rings is 2. The lowest BCUT2D eigenvalue weighted by Crippen LogP contribution is -2.02. The summed E-state index contributed by atoms with van der Waals surface area (Å²) in [6, 6.07) is 19.8. The monoisotopic (exact) mass is 419 g/mol. The summed E-state index contributed by atoms with van der Waals surface area (Å²) in [5.41, 5.74) is 4.48. The third-order valence-corrected chi connectivity index (χ3v) is 5.34. The highest BCUT2D eigenvalue weighted by atomic mass is 16.5. The third-order valence-electron chi connectivity index (χ3n) is 5.34. The first-order chi connectivity index (χ1) is 15.1. The zero-order valence-electron chi connectivity index (χ0n) is 18.1. The Morgan fingerprint density at radius 1 is 0.806 bits per heavy atom. The number of methoxy groups -OCH3 is 2. The zero-order valence-corrected chi connectivity index (χ0v) is 18.1. The highest BCUT2D eigenvalue weighted by Gasteiger charge is 2.17. The van der Waals surface area contributed by atoms with Crippen molar-refractivity contribution in [2.75, 3.05) is 14.2 Å². The van der Waals surface area contributed by atoms with Gasteiger partial charge in [-0.1, -0.05) is 55.3 Å². The fraction of sp³-hybridized carbons (Fsp3) is 0.308. The molecule has 0 aliphatic rings. The van der Waals surface area contributed by atoms with Gasteiger partial charge >= 0.3 is 5.97 Å². The maximum absolute atomic E-state index is 13.1. The van der Waals surface area contributed by atoms with Gasteiger partial charge < -0.3 is 14.5 Å². The summed E-state index contributed by atoms with van der Waals surface area (Å²) in [7, 11) is 3.04. The second-order valence-corrected chi connectivity index (χ2v) is 7.48. The number of ether oxygens (including phenoxy) is 2. The number of carbonyl (C=O) groups excluding carboxylic acids is 2. The van der Waals surface area contributed by atoms with E-state index in [1.54, 1.807) is 7.11 Å². The number of carbonyl (C=O) groups is 2.